The predicted octanol–water partition coefficient (Wildman–Crippen LogP) is 1.68. The van der Waals surface area contributed by atoms with Gasteiger partial charge in [-0.1, -0.05) is 12.2 Å². The molecule has 0 saturated heterocycles. The van der Waals surface area contributed by atoms with Crippen molar-refractivity contribution in [3.05, 3.63) is 23.8 Å². The third kappa shape index (κ3) is 3.79. The highest BCUT2D eigenvalue weighted by Crippen LogP contribution is 2.20. The van der Waals surface area contributed by atoms with Crippen molar-refractivity contribution in [2.45, 2.75) is 6.42 Å². The number of nitrogens with zero attached hydrogens (tertiary/aromatic N) is 1. The summed E-state index contributed by atoms with van der Waals surface area (Å²) in [5.41, 5.74) is 0.775. The molecule has 0 saturated carbocycles. The molecule has 0 aliphatic carbocycles. The summed E-state index contributed by atoms with van der Waals surface area (Å²) in [5, 5.41) is 0. The molecule has 1 aromatic heterocycles. The molecule has 5 nitrogen and oxygen atoms in total. The van der Waals surface area contributed by atoms with Crippen LogP contribution in [0.25, 0.3) is 6.08 Å². The van der Waals surface area contributed by atoms with Gasteiger partial charge in [-0.15, -0.1) is 0 Å². The fraction of sp³-hybridized carbons (Fsp3) is 0.333. The van der Waals surface area contributed by atoms with Gasteiger partial charge in [-0.3, -0.25) is 4.79 Å². The van der Waals surface area contributed by atoms with Crippen molar-refractivity contribution in [2.75, 3.05) is 21.3 Å². The minimum Gasteiger partial charge on any atom is -0.481 e. The van der Waals surface area contributed by atoms with Crippen molar-refractivity contribution >= 4 is 12.0 Å². The minimum absolute atomic E-state index is 0.214. The van der Waals surface area contributed by atoms with Crippen LogP contribution in [0.5, 0.6) is 11.8 Å². The SMILES string of the molecule is COC(=O)CC=Cc1ccc(OC)nc1OC. The molecule has 92 valence electrons. The minimum atomic E-state index is -0.290. The highest BCUT2D eigenvalue weighted by molar-refractivity contribution is 5.72. The van der Waals surface area contributed by atoms with Gasteiger partial charge >= 0.3 is 5.97 Å². The van der Waals surface area contributed by atoms with Crippen LogP contribution in [0.4, 0.5) is 0 Å². The summed E-state index contributed by atoms with van der Waals surface area (Å²) in [6.07, 6.45) is 3.66. The average molecular weight is 237 g/mol. The number of hydrogen-bond donors (Lipinski definition) is 0. The lowest BCUT2D eigenvalue weighted by Crippen LogP contribution is -1.97. The average Bonchev–Trinajstić information content (AvgIpc) is 2.38. The summed E-state index contributed by atoms with van der Waals surface area (Å²) in [4.78, 5) is 15.0. The monoisotopic (exact) mass is 237 g/mol. The van der Waals surface area contributed by atoms with Gasteiger partial charge in [0.15, 0.2) is 0 Å². The Hall–Kier alpha value is -2.04. The van der Waals surface area contributed by atoms with E-state index >= 15 is 0 Å². The van der Waals surface area contributed by atoms with Crippen LogP contribution < -0.4 is 9.47 Å². The molecule has 1 rings (SSSR count). The second-order valence-electron chi connectivity index (χ2n) is 3.13. The van der Waals surface area contributed by atoms with Gasteiger partial charge in [-0.2, -0.15) is 4.98 Å². The zero-order chi connectivity index (χ0) is 12.7. The smallest absolute Gasteiger partial charge is 0.309 e. The molecule has 0 bridgehead atoms. The van der Waals surface area contributed by atoms with E-state index in [0.717, 1.165) is 5.56 Å². The number of rotatable bonds is 5. The van der Waals surface area contributed by atoms with E-state index in [-0.39, 0.29) is 12.4 Å². The van der Waals surface area contributed by atoms with Crippen molar-refractivity contribution < 1.29 is 19.0 Å². The van der Waals surface area contributed by atoms with E-state index < -0.39 is 0 Å². The lowest BCUT2D eigenvalue weighted by Gasteiger charge is -2.05. The van der Waals surface area contributed by atoms with E-state index in [1.54, 1.807) is 24.3 Å². The molecule has 1 aromatic rings. The van der Waals surface area contributed by atoms with E-state index in [1.807, 2.05) is 0 Å². The van der Waals surface area contributed by atoms with Crippen LogP contribution in [-0.4, -0.2) is 32.3 Å². The molecule has 0 aliphatic rings. The highest BCUT2D eigenvalue weighted by Gasteiger charge is 2.03. The molecular formula is C12H15NO4. The summed E-state index contributed by atoms with van der Waals surface area (Å²) in [6.45, 7) is 0. The van der Waals surface area contributed by atoms with Crippen LogP contribution in [0.1, 0.15) is 12.0 Å². The number of ether oxygens (including phenoxy) is 3. The molecule has 0 fully saturated rings. The second kappa shape index (κ2) is 6.52. The summed E-state index contributed by atoms with van der Waals surface area (Å²) < 4.78 is 14.6. The van der Waals surface area contributed by atoms with Gasteiger partial charge in [0.05, 0.1) is 27.8 Å². The van der Waals surface area contributed by atoms with Crippen molar-refractivity contribution in [2.24, 2.45) is 0 Å². The van der Waals surface area contributed by atoms with Crippen LogP contribution in [0.15, 0.2) is 18.2 Å². The first-order valence-corrected chi connectivity index (χ1v) is 5.03. The standard InChI is InChI=1S/C12H15NO4/c1-15-10-8-7-9(12(13-10)17-3)5-4-6-11(14)16-2/h4-5,7-8H,6H2,1-3H3. The number of hydrogen-bond acceptors (Lipinski definition) is 5. The Labute approximate surface area is 100 Å². The number of pyridine rings is 1. The van der Waals surface area contributed by atoms with Gasteiger partial charge in [0, 0.05) is 11.6 Å². The fourth-order valence-electron chi connectivity index (χ4n) is 1.20. The molecule has 0 atom stereocenters. The number of methoxy groups -OCH3 is 3. The first-order valence-electron chi connectivity index (χ1n) is 5.03. The van der Waals surface area contributed by atoms with Crippen LogP contribution in [0.2, 0.25) is 0 Å². The Morgan fingerprint density at radius 1 is 1.29 bits per heavy atom. The maximum Gasteiger partial charge on any atom is 0.309 e. The Kier molecular flexibility index (Phi) is 5.00. The summed E-state index contributed by atoms with van der Waals surface area (Å²) in [7, 11) is 4.42. The van der Waals surface area contributed by atoms with Crippen molar-refractivity contribution in [1.29, 1.82) is 0 Å². The Balaban J connectivity index is 2.79. The largest absolute Gasteiger partial charge is 0.481 e. The topological polar surface area (TPSA) is 57.7 Å². The van der Waals surface area contributed by atoms with Gasteiger partial charge in [0.2, 0.25) is 11.8 Å². The number of aromatic nitrogens is 1. The summed E-state index contributed by atoms with van der Waals surface area (Å²) >= 11 is 0. The van der Waals surface area contributed by atoms with Gasteiger partial charge in [0.25, 0.3) is 0 Å². The van der Waals surface area contributed by atoms with Gasteiger partial charge < -0.3 is 14.2 Å². The fourth-order valence-corrected chi connectivity index (χ4v) is 1.20. The maximum atomic E-state index is 10.9. The molecule has 17 heavy (non-hydrogen) atoms. The molecule has 1 heterocycles. The molecule has 0 spiro atoms. The van der Waals surface area contributed by atoms with Gasteiger partial charge in [0.1, 0.15) is 0 Å². The van der Waals surface area contributed by atoms with Gasteiger partial charge in [-0.25, -0.2) is 0 Å². The van der Waals surface area contributed by atoms with E-state index in [9.17, 15) is 4.79 Å². The first-order chi connectivity index (χ1) is 8.21. The number of carbonyl (C=O) groups excluding carboxylic acids is 1. The second-order valence-corrected chi connectivity index (χ2v) is 3.13. The Bertz CT molecular complexity index is 415. The van der Waals surface area contributed by atoms with E-state index in [2.05, 4.69) is 9.72 Å². The molecule has 0 unspecified atom stereocenters. The van der Waals surface area contributed by atoms with Gasteiger partial charge in [-0.05, 0) is 6.07 Å². The predicted molar refractivity (Wildman–Crippen MR) is 63.0 cm³/mol. The lowest BCUT2D eigenvalue weighted by molar-refractivity contribution is -0.139. The molecule has 0 aliphatic heterocycles. The maximum absolute atomic E-state index is 10.9. The van der Waals surface area contributed by atoms with Crippen LogP contribution in [0, 0.1) is 0 Å². The zero-order valence-electron chi connectivity index (χ0n) is 10.1. The van der Waals surface area contributed by atoms with E-state index in [0.29, 0.717) is 11.8 Å². The third-order valence-corrected chi connectivity index (χ3v) is 2.08. The molecule has 0 N–H and O–H groups in total. The van der Waals surface area contributed by atoms with E-state index in [1.165, 1.54) is 21.3 Å². The van der Waals surface area contributed by atoms with Crippen molar-refractivity contribution in [1.82, 2.24) is 4.98 Å². The zero-order valence-corrected chi connectivity index (χ0v) is 10.1. The Morgan fingerprint density at radius 3 is 2.65 bits per heavy atom. The molecule has 5 heteroatoms. The third-order valence-electron chi connectivity index (χ3n) is 2.08. The Morgan fingerprint density at radius 2 is 2.06 bits per heavy atom. The highest BCUT2D eigenvalue weighted by atomic mass is 16.5. The number of esters is 1. The molecular weight excluding hydrogens is 222 g/mol. The van der Waals surface area contributed by atoms with Crippen LogP contribution in [-0.2, 0) is 9.53 Å². The van der Waals surface area contributed by atoms with E-state index in [4.69, 9.17) is 9.47 Å². The molecule has 0 radical (unpaired) electrons. The molecule has 0 aromatic carbocycles. The normalized spacial score (nSPS) is 10.3. The van der Waals surface area contributed by atoms with Crippen LogP contribution >= 0.6 is 0 Å². The quantitative estimate of drug-likeness (QED) is 0.729. The summed E-state index contributed by atoms with van der Waals surface area (Å²) in [6, 6.07) is 3.53. The van der Waals surface area contributed by atoms with Crippen molar-refractivity contribution in [3.8, 4) is 11.8 Å². The number of carbonyl (C=O) groups is 1. The van der Waals surface area contributed by atoms with Crippen molar-refractivity contribution in [3.63, 3.8) is 0 Å². The summed E-state index contributed by atoms with van der Waals surface area (Å²) in [5.74, 6) is 0.638. The first kappa shape index (κ1) is 13.0. The van der Waals surface area contributed by atoms with Crippen LogP contribution in [0.3, 0.4) is 0 Å². The lowest BCUT2D eigenvalue weighted by atomic mass is 10.2. The molecule has 0 amide bonds.